The number of piperidine rings is 1. The van der Waals surface area contributed by atoms with E-state index in [4.69, 9.17) is 9.97 Å². The summed E-state index contributed by atoms with van der Waals surface area (Å²) in [5.41, 5.74) is 6.57. The quantitative estimate of drug-likeness (QED) is 0.540. The van der Waals surface area contributed by atoms with Crippen molar-refractivity contribution in [2.75, 3.05) is 36.5 Å². The van der Waals surface area contributed by atoms with Gasteiger partial charge in [0.15, 0.2) is 0 Å². The van der Waals surface area contributed by atoms with E-state index >= 15 is 0 Å². The van der Waals surface area contributed by atoms with Gasteiger partial charge >= 0.3 is 0 Å². The van der Waals surface area contributed by atoms with E-state index in [0.717, 1.165) is 51.6 Å². The molecule has 1 saturated heterocycles. The Morgan fingerprint density at radius 2 is 1.67 bits per heavy atom. The molecular formula is C28H35N5. The van der Waals surface area contributed by atoms with Crippen LogP contribution in [-0.4, -0.2) is 41.5 Å². The van der Waals surface area contributed by atoms with Crippen molar-refractivity contribution in [2.45, 2.75) is 52.2 Å². The maximum absolute atomic E-state index is 5.18. The van der Waals surface area contributed by atoms with Gasteiger partial charge in [0.1, 0.15) is 5.82 Å². The number of hydrogen-bond donors (Lipinski definition) is 0. The molecule has 0 N–H and O–H groups in total. The number of aryl methyl sites for hydroxylation is 1. The molecule has 3 heterocycles. The number of nitrogens with zero attached hydrogens (tertiary/aromatic N) is 5. The predicted octanol–water partition coefficient (Wildman–Crippen LogP) is 4.97. The zero-order valence-corrected chi connectivity index (χ0v) is 20.0. The van der Waals surface area contributed by atoms with E-state index in [9.17, 15) is 0 Å². The second kappa shape index (κ2) is 9.92. The van der Waals surface area contributed by atoms with Gasteiger partial charge in [0, 0.05) is 58.3 Å². The number of aromatic nitrogens is 2. The SMILES string of the molecule is Cc1cccc(CN2CCc3nc(N(C)Cc4ccccc4)nc(N4CCCCC4)c3C2)c1. The molecule has 2 aliphatic rings. The average Bonchev–Trinajstić information content (AvgIpc) is 2.84. The fourth-order valence-corrected chi connectivity index (χ4v) is 5.11. The van der Waals surface area contributed by atoms with Gasteiger partial charge < -0.3 is 9.80 Å². The Morgan fingerprint density at radius 1 is 0.879 bits per heavy atom. The summed E-state index contributed by atoms with van der Waals surface area (Å²) in [6.45, 7) is 8.14. The molecule has 5 nitrogen and oxygen atoms in total. The number of rotatable bonds is 6. The maximum atomic E-state index is 5.18. The van der Waals surface area contributed by atoms with E-state index in [0.29, 0.717) is 0 Å². The van der Waals surface area contributed by atoms with E-state index < -0.39 is 0 Å². The van der Waals surface area contributed by atoms with Gasteiger partial charge in [-0.15, -0.1) is 0 Å². The van der Waals surface area contributed by atoms with Crippen molar-refractivity contribution < 1.29 is 0 Å². The van der Waals surface area contributed by atoms with Gasteiger partial charge in [-0.3, -0.25) is 4.90 Å². The second-order valence-corrected chi connectivity index (χ2v) is 9.61. The molecule has 33 heavy (non-hydrogen) atoms. The van der Waals surface area contributed by atoms with Crippen LogP contribution in [0.15, 0.2) is 54.6 Å². The smallest absolute Gasteiger partial charge is 0.227 e. The predicted molar refractivity (Wildman–Crippen MR) is 136 cm³/mol. The number of benzene rings is 2. The third-order valence-corrected chi connectivity index (χ3v) is 6.85. The molecule has 0 atom stereocenters. The number of fused-ring (bicyclic) bond motifs is 1. The Hall–Kier alpha value is -2.92. The largest absolute Gasteiger partial charge is 0.356 e. The van der Waals surface area contributed by atoms with Crippen molar-refractivity contribution in [1.82, 2.24) is 14.9 Å². The minimum atomic E-state index is 0.818. The zero-order valence-electron chi connectivity index (χ0n) is 20.0. The molecule has 0 amide bonds. The number of anilines is 2. The fourth-order valence-electron chi connectivity index (χ4n) is 5.11. The third-order valence-electron chi connectivity index (χ3n) is 6.85. The first-order valence-corrected chi connectivity index (χ1v) is 12.3. The van der Waals surface area contributed by atoms with Crippen LogP contribution in [0.5, 0.6) is 0 Å². The molecule has 0 unspecified atom stereocenters. The second-order valence-electron chi connectivity index (χ2n) is 9.61. The van der Waals surface area contributed by atoms with Crippen molar-refractivity contribution in [2.24, 2.45) is 0 Å². The topological polar surface area (TPSA) is 35.5 Å². The highest BCUT2D eigenvalue weighted by molar-refractivity contribution is 5.54. The summed E-state index contributed by atoms with van der Waals surface area (Å²) >= 11 is 0. The Kier molecular flexibility index (Phi) is 6.58. The van der Waals surface area contributed by atoms with E-state index in [1.54, 1.807) is 0 Å². The lowest BCUT2D eigenvalue weighted by Crippen LogP contribution is -2.37. The molecule has 0 aliphatic carbocycles. The van der Waals surface area contributed by atoms with Gasteiger partial charge in [-0.2, -0.15) is 4.98 Å². The Labute approximate surface area is 198 Å². The molecule has 0 saturated carbocycles. The third kappa shape index (κ3) is 5.19. The van der Waals surface area contributed by atoms with Crippen LogP contribution in [0.25, 0.3) is 0 Å². The van der Waals surface area contributed by atoms with Crippen LogP contribution >= 0.6 is 0 Å². The fraction of sp³-hybridized carbons (Fsp3) is 0.429. The van der Waals surface area contributed by atoms with Gasteiger partial charge in [-0.25, -0.2) is 4.98 Å². The molecule has 3 aromatic rings. The van der Waals surface area contributed by atoms with Crippen molar-refractivity contribution in [3.05, 3.63) is 82.5 Å². The highest BCUT2D eigenvalue weighted by Gasteiger charge is 2.27. The minimum absolute atomic E-state index is 0.818. The minimum Gasteiger partial charge on any atom is -0.356 e. The van der Waals surface area contributed by atoms with Gasteiger partial charge in [-0.1, -0.05) is 60.2 Å². The molecule has 172 valence electrons. The lowest BCUT2D eigenvalue weighted by atomic mass is 10.0. The Balaban J connectivity index is 1.42. The highest BCUT2D eigenvalue weighted by Crippen LogP contribution is 2.31. The summed E-state index contributed by atoms with van der Waals surface area (Å²) in [6.07, 6.45) is 4.81. The molecular weight excluding hydrogens is 406 g/mol. The molecule has 0 radical (unpaired) electrons. The van der Waals surface area contributed by atoms with Gasteiger partial charge in [-0.05, 0) is 37.3 Å². The van der Waals surface area contributed by atoms with Crippen LogP contribution in [0.4, 0.5) is 11.8 Å². The van der Waals surface area contributed by atoms with Crippen molar-refractivity contribution in [1.29, 1.82) is 0 Å². The molecule has 0 bridgehead atoms. The lowest BCUT2D eigenvalue weighted by Gasteiger charge is -2.35. The molecule has 5 rings (SSSR count). The van der Waals surface area contributed by atoms with Crippen LogP contribution in [0, 0.1) is 6.92 Å². The lowest BCUT2D eigenvalue weighted by molar-refractivity contribution is 0.243. The molecule has 1 fully saturated rings. The van der Waals surface area contributed by atoms with Crippen molar-refractivity contribution >= 4 is 11.8 Å². The Bertz CT molecular complexity index is 1070. The summed E-state index contributed by atoms with van der Waals surface area (Å²) in [5.74, 6) is 2.02. The highest BCUT2D eigenvalue weighted by atomic mass is 15.3. The molecule has 2 aromatic carbocycles. The van der Waals surface area contributed by atoms with Crippen molar-refractivity contribution in [3.8, 4) is 0 Å². The summed E-state index contributed by atoms with van der Waals surface area (Å²) in [4.78, 5) is 17.5. The van der Waals surface area contributed by atoms with Gasteiger partial charge in [0.05, 0.1) is 5.69 Å². The molecule has 5 heteroatoms. The van der Waals surface area contributed by atoms with Crippen LogP contribution in [0.2, 0.25) is 0 Å². The molecule has 2 aliphatic heterocycles. The van der Waals surface area contributed by atoms with E-state index in [1.165, 1.54) is 53.0 Å². The first kappa shape index (κ1) is 21.9. The summed E-state index contributed by atoms with van der Waals surface area (Å²) in [7, 11) is 2.11. The van der Waals surface area contributed by atoms with Gasteiger partial charge in [0.2, 0.25) is 5.95 Å². The van der Waals surface area contributed by atoms with Crippen LogP contribution in [0.3, 0.4) is 0 Å². The molecule has 0 spiro atoms. The summed E-state index contributed by atoms with van der Waals surface area (Å²) in [5, 5.41) is 0. The number of hydrogen-bond acceptors (Lipinski definition) is 5. The maximum Gasteiger partial charge on any atom is 0.227 e. The van der Waals surface area contributed by atoms with Crippen molar-refractivity contribution in [3.63, 3.8) is 0 Å². The van der Waals surface area contributed by atoms with Crippen LogP contribution in [0.1, 0.15) is 47.2 Å². The first-order valence-electron chi connectivity index (χ1n) is 12.3. The van der Waals surface area contributed by atoms with E-state index in [-0.39, 0.29) is 0 Å². The van der Waals surface area contributed by atoms with E-state index in [2.05, 4.69) is 83.3 Å². The van der Waals surface area contributed by atoms with E-state index in [1.807, 2.05) is 0 Å². The molecule has 1 aromatic heterocycles. The summed E-state index contributed by atoms with van der Waals surface area (Å²) in [6, 6.07) is 19.5. The summed E-state index contributed by atoms with van der Waals surface area (Å²) < 4.78 is 0. The standard InChI is InChI=1S/C28H35N5/c1-22-10-9-13-24(18-22)20-32-17-14-26-25(21-32)27(33-15-7-4-8-16-33)30-28(29-26)31(2)19-23-11-5-3-6-12-23/h3,5-6,9-13,18H,4,7-8,14-17,19-21H2,1-2H3. The van der Waals surface area contributed by atoms with Crippen LogP contribution in [-0.2, 0) is 26.1 Å². The monoisotopic (exact) mass is 441 g/mol. The first-order chi connectivity index (χ1) is 16.2. The Morgan fingerprint density at radius 3 is 2.45 bits per heavy atom. The normalized spacial score (nSPS) is 16.5. The average molecular weight is 442 g/mol. The van der Waals surface area contributed by atoms with Gasteiger partial charge in [0.25, 0.3) is 0 Å². The van der Waals surface area contributed by atoms with Crippen LogP contribution < -0.4 is 9.80 Å². The zero-order chi connectivity index (χ0) is 22.6.